The van der Waals surface area contributed by atoms with Gasteiger partial charge >= 0.3 is 0 Å². The first kappa shape index (κ1) is 12.8. The van der Waals surface area contributed by atoms with Crippen molar-refractivity contribution < 1.29 is 5.11 Å². The zero-order chi connectivity index (χ0) is 13.9. The Morgan fingerprint density at radius 3 is 2.95 bits per heavy atom. The molecule has 0 aliphatic rings. The Hall–Kier alpha value is -2.20. The van der Waals surface area contributed by atoms with Gasteiger partial charge in [0.25, 0.3) is 0 Å². The van der Waals surface area contributed by atoms with Crippen LogP contribution in [-0.2, 0) is 6.54 Å². The minimum Gasteiger partial charge on any atom is -0.382 e. The summed E-state index contributed by atoms with van der Waals surface area (Å²) in [7, 11) is 0. The third-order valence-electron chi connectivity index (χ3n) is 3.50. The van der Waals surface area contributed by atoms with Crippen LogP contribution < -0.4 is 0 Å². The average molecular weight is 267 g/mol. The van der Waals surface area contributed by atoms with Crippen molar-refractivity contribution in [2.75, 3.05) is 0 Å². The largest absolute Gasteiger partial charge is 0.382 e. The average Bonchev–Trinajstić information content (AvgIpc) is 2.94. The smallest absolute Gasteiger partial charge is 0.121 e. The molecular weight excluding hydrogens is 250 g/mol. The molecule has 4 nitrogen and oxygen atoms in total. The molecule has 2 aromatic heterocycles. The maximum atomic E-state index is 10.7. The third kappa shape index (κ3) is 2.18. The fraction of sp³-hybridized carbons (Fsp3) is 0.250. The van der Waals surface area contributed by atoms with E-state index >= 15 is 0 Å². The van der Waals surface area contributed by atoms with Crippen molar-refractivity contribution in [3.05, 3.63) is 60.4 Å². The number of aryl methyl sites for hydroxylation is 1. The number of imidazole rings is 1. The second kappa shape index (κ2) is 5.43. The topological polar surface area (TPSA) is 50.9 Å². The van der Waals surface area contributed by atoms with Gasteiger partial charge in [-0.05, 0) is 23.4 Å². The quantitative estimate of drug-likeness (QED) is 0.790. The van der Waals surface area contributed by atoms with Gasteiger partial charge < -0.3 is 9.67 Å². The van der Waals surface area contributed by atoms with E-state index in [1.165, 1.54) is 0 Å². The van der Waals surface area contributed by atoms with E-state index in [1.807, 2.05) is 28.8 Å². The van der Waals surface area contributed by atoms with Gasteiger partial charge in [-0.3, -0.25) is 4.98 Å². The summed E-state index contributed by atoms with van der Waals surface area (Å²) in [4.78, 5) is 8.32. The second-order valence-corrected chi connectivity index (χ2v) is 4.86. The Labute approximate surface area is 117 Å². The molecule has 0 fully saturated rings. The molecule has 1 N–H and O–H groups in total. The lowest BCUT2D eigenvalue weighted by molar-refractivity contribution is 0.211. The molecule has 0 bridgehead atoms. The predicted molar refractivity (Wildman–Crippen MR) is 78.3 cm³/mol. The molecule has 1 unspecified atom stereocenters. The lowest BCUT2D eigenvalue weighted by atomic mass is 10.0. The zero-order valence-corrected chi connectivity index (χ0v) is 11.4. The number of aliphatic hydroxyl groups is 1. The summed E-state index contributed by atoms with van der Waals surface area (Å²) >= 11 is 0. The molecule has 3 aromatic rings. The fourth-order valence-electron chi connectivity index (χ4n) is 2.52. The van der Waals surface area contributed by atoms with Gasteiger partial charge in [-0.1, -0.05) is 25.1 Å². The number of fused-ring (bicyclic) bond motifs is 1. The first-order valence-corrected chi connectivity index (χ1v) is 6.82. The molecule has 0 aliphatic heterocycles. The van der Waals surface area contributed by atoms with Crippen LogP contribution in [0.1, 0.15) is 30.7 Å². The number of pyridine rings is 1. The highest BCUT2D eigenvalue weighted by Crippen LogP contribution is 2.28. The van der Waals surface area contributed by atoms with Crippen molar-refractivity contribution in [1.29, 1.82) is 0 Å². The summed E-state index contributed by atoms with van der Waals surface area (Å²) in [5.74, 6) is 0. The van der Waals surface area contributed by atoms with Crippen molar-refractivity contribution in [1.82, 2.24) is 14.5 Å². The summed E-state index contributed by atoms with van der Waals surface area (Å²) in [6.45, 7) is 2.97. The second-order valence-electron chi connectivity index (χ2n) is 4.86. The summed E-state index contributed by atoms with van der Waals surface area (Å²) in [6.07, 6.45) is 7.39. The van der Waals surface area contributed by atoms with E-state index < -0.39 is 6.10 Å². The predicted octanol–water partition coefficient (Wildman–Crippen LogP) is 2.92. The van der Waals surface area contributed by atoms with Crippen LogP contribution in [0.2, 0.25) is 0 Å². The number of rotatable bonds is 4. The number of hydrogen-bond donors (Lipinski definition) is 1. The SMILES string of the molecule is CCCn1cncc1C(O)c1cccc2ccncc12. The maximum Gasteiger partial charge on any atom is 0.121 e. The summed E-state index contributed by atoms with van der Waals surface area (Å²) in [6, 6.07) is 7.88. The Morgan fingerprint density at radius 1 is 1.20 bits per heavy atom. The van der Waals surface area contributed by atoms with Crippen molar-refractivity contribution in [3.8, 4) is 0 Å². The molecule has 2 heterocycles. The Bertz CT molecular complexity index is 715. The maximum absolute atomic E-state index is 10.7. The van der Waals surface area contributed by atoms with Gasteiger partial charge in [0.15, 0.2) is 0 Å². The molecule has 4 heteroatoms. The van der Waals surface area contributed by atoms with E-state index in [4.69, 9.17) is 0 Å². The van der Waals surface area contributed by atoms with E-state index in [-0.39, 0.29) is 0 Å². The number of benzene rings is 1. The monoisotopic (exact) mass is 267 g/mol. The normalized spacial score (nSPS) is 12.7. The summed E-state index contributed by atoms with van der Waals surface area (Å²) < 4.78 is 2.00. The standard InChI is InChI=1S/C16H17N3O/c1-2-8-19-11-18-10-15(19)16(20)13-5-3-4-12-6-7-17-9-14(12)13/h3-7,9-11,16,20H,2,8H2,1H3. The lowest BCUT2D eigenvalue weighted by Gasteiger charge is -2.15. The molecular formula is C16H17N3O. The van der Waals surface area contributed by atoms with E-state index in [2.05, 4.69) is 16.9 Å². The van der Waals surface area contributed by atoms with Crippen LogP contribution in [0.25, 0.3) is 10.8 Å². The first-order chi connectivity index (χ1) is 9.81. The molecule has 1 aromatic carbocycles. The summed E-state index contributed by atoms with van der Waals surface area (Å²) in [5.41, 5.74) is 1.69. The van der Waals surface area contributed by atoms with Gasteiger partial charge in [0.1, 0.15) is 6.10 Å². The van der Waals surface area contributed by atoms with Gasteiger partial charge in [0, 0.05) is 24.3 Å². The van der Waals surface area contributed by atoms with Gasteiger partial charge in [0.2, 0.25) is 0 Å². The molecule has 0 radical (unpaired) electrons. The highest BCUT2D eigenvalue weighted by atomic mass is 16.3. The van der Waals surface area contributed by atoms with Crippen LogP contribution in [0.4, 0.5) is 0 Å². The molecule has 102 valence electrons. The van der Waals surface area contributed by atoms with Crippen LogP contribution in [0.5, 0.6) is 0 Å². The molecule has 0 spiro atoms. The zero-order valence-electron chi connectivity index (χ0n) is 11.4. The molecule has 0 amide bonds. The van der Waals surface area contributed by atoms with Gasteiger partial charge in [-0.25, -0.2) is 4.98 Å². The van der Waals surface area contributed by atoms with E-state index in [0.717, 1.165) is 35.0 Å². The number of aromatic nitrogens is 3. The van der Waals surface area contributed by atoms with Crippen molar-refractivity contribution in [3.63, 3.8) is 0 Å². The van der Waals surface area contributed by atoms with Crippen LogP contribution in [-0.4, -0.2) is 19.6 Å². The Kier molecular flexibility index (Phi) is 3.48. The van der Waals surface area contributed by atoms with Crippen molar-refractivity contribution >= 4 is 10.8 Å². The van der Waals surface area contributed by atoms with E-state index in [9.17, 15) is 5.11 Å². The first-order valence-electron chi connectivity index (χ1n) is 6.82. The molecule has 0 saturated carbocycles. The van der Waals surface area contributed by atoms with Gasteiger partial charge in [-0.15, -0.1) is 0 Å². The number of aliphatic hydroxyl groups excluding tert-OH is 1. The van der Waals surface area contributed by atoms with Crippen LogP contribution in [0.3, 0.4) is 0 Å². The van der Waals surface area contributed by atoms with Crippen molar-refractivity contribution in [2.45, 2.75) is 26.0 Å². The van der Waals surface area contributed by atoms with E-state index in [0.29, 0.717) is 0 Å². The van der Waals surface area contributed by atoms with Crippen LogP contribution in [0.15, 0.2) is 49.2 Å². The molecule has 0 saturated heterocycles. The fourth-order valence-corrected chi connectivity index (χ4v) is 2.52. The third-order valence-corrected chi connectivity index (χ3v) is 3.50. The van der Waals surface area contributed by atoms with Crippen LogP contribution in [0, 0.1) is 0 Å². The minimum absolute atomic E-state index is 0.683. The van der Waals surface area contributed by atoms with E-state index in [1.54, 1.807) is 24.9 Å². The van der Waals surface area contributed by atoms with Crippen LogP contribution >= 0.6 is 0 Å². The summed E-state index contributed by atoms with van der Waals surface area (Å²) in [5, 5.41) is 12.8. The van der Waals surface area contributed by atoms with Gasteiger partial charge in [-0.2, -0.15) is 0 Å². The van der Waals surface area contributed by atoms with Gasteiger partial charge in [0.05, 0.1) is 18.2 Å². The Morgan fingerprint density at radius 2 is 2.10 bits per heavy atom. The molecule has 3 rings (SSSR count). The van der Waals surface area contributed by atoms with Crippen molar-refractivity contribution in [2.24, 2.45) is 0 Å². The highest BCUT2D eigenvalue weighted by Gasteiger charge is 2.17. The Balaban J connectivity index is 2.08. The lowest BCUT2D eigenvalue weighted by Crippen LogP contribution is -2.08. The molecule has 20 heavy (non-hydrogen) atoms. The molecule has 1 atom stereocenters. The number of nitrogens with zero attached hydrogens (tertiary/aromatic N) is 3. The minimum atomic E-state index is -0.683. The highest BCUT2D eigenvalue weighted by molar-refractivity contribution is 5.85. The number of hydrogen-bond acceptors (Lipinski definition) is 3. The molecule has 0 aliphatic carbocycles.